The minimum atomic E-state index is -0.377. The molecule has 2 fully saturated rings. The summed E-state index contributed by atoms with van der Waals surface area (Å²) in [5.74, 6) is 0. The highest BCUT2D eigenvalue weighted by Crippen LogP contribution is 2.46. The molecule has 0 unspecified atom stereocenters. The molecule has 1 aliphatic heterocycles. The molecular formula is C48H62N2. The average Bonchev–Trinajstić information content (AvgIpc) is 3.71. The number of nitrogens with zero attached hydrogens (tertiary/aromatic N) is 2. The second kappa shape index (κ2) is 12.2. The summed E-state index contributed by atoms with van der Waals surface area (Å²) in [6.07, 6.45) is 12.8. The van der Waals surface area contributed by atoms with Crippen molar-refractivity contribution in [2.24, 2.45) is 10.8 Å². The summed E-state index contributed by atoms with van der Waals surface area (Å²) in [7, 11) is 0. The smallest absolute Gasteiger partial charge is 0.0525 e. The Bertz CT molecular complexity index is 1760. The van der Waals surface area contributed by atoms with Crippen molar-refractivity contribution in [2.75, 3.05) is 0 Å². The molecular weight excluding hydrogens is 605 g/mol. The van der Waals surface area contributed by atoms with Gasteiger partial charge in [-0.3, -0.25) is 9.97 Å². The first-order valence-electron chi connectivity index (χ1n) is 19.7. The van der Waals surface area contributed by atoms with E-state index in [0.717, 1.165) is 24.2 Å². The van der Waals surface area contributed by atoms with Gasteiger partial charge in [0.2, 0.25) is 0 Å². The fourth-order valence-corrected chi connectivity index (χ4v) is 9.64. The molecule has 0 radical (unpaired) electrons. The lowest BCUT2D eigenvalue weighted by Gasteiger charge is -2.35. The molecule has 50 heavy (non-hydrogen) atoms. The minimum absolute atomic E-state index is 0.174. The molecule has 2 heteroatoms. The van der Waals surface area contributed by atoms with Crippen LogP contribution in [0.5, 0.6) is 0 Å². The molecule has 7 rings (SSSR count). The van der Waals surface area contributed by atoms with Crippen LogP contribution in [-0.2, 0) is 34.5 Å². The van der Waals surface area contributed by atoms with E-state index in [4.69, 9.17) is 9.97 Å². The normalized spacial score (nSPS) is 22.3. The Morgan fingerprint density at radius 2 is 0.700 bits per heavy atom. The van der Waals surface area contributed by atoms with Crippen molar-refractivity contribution in [1.82, 2.24) is 9.97 Å². The monoisotopic (exact) mass is 666 g/mol. The fourth-order valence-electron chi connectivity index (χ4n) is 9.64. The summed E-state index contributed by atoms with van der Waals surface area (Å²) in [5, 5.41) is 0. The number of hydrogen-bond acceptors (Lipinski definition) is 2. The zero-order chi connectivity index (χ0) is 35.7. The quantitative estimate of drug-likeness (QED) is 0.217. The predicted molar refractivity (Wildman–Crippen MR) is 210 cm³/mol. The molecule has 2 saturated carbocycles. The van der Waals surface area contributed by atoms with Gasteiger partial charge < -0.3 is 0 Å². The molecule has 2 aromatic heterocycles. The third-order valence-corrected chi connectivity index (χ3v) is 13.8. The molecule has 0 amide bonds. The van der Waals surface area contributed by atoms with Gasteiger partial charge in [-0.25, -0.2) is 0 Å². The van der Waals surface area contributed by atoms with Crippen molar-refractivity contribution in [3.05, 3.63) is 129 Å². The predicted octanol–water partition coefficient (Wildman–Crippen LogP) is 12.3. The maximum atomic E-state index is 5.67. The summed E-state index contributed by atoms with van der Waals surface area (Å²) in [5.41, 5.74) is 12.4. The van der Waals surface area contributed by atoms with E-state index in [2.05, 4.69) is 142 Å². The summed E-state index contributed by atoms with van der Waals surface area (Å²) in [6.45, 7) is 24.1. The summed E-state index contributed by atoms with van der Waals surface area (Å²) in [6, 6.07) is 28.5. The highest BCUT2D eigenvalue weighted by Gasteiger charge is 2.38. The number of benzene rings is 2. The Kier molecular flexibility index (Phi) is 8.56. The maximum absolute atomic E-state index is 5.67. The van der Waals surface area contributed by atoms with Crippen molar-refractivity contribution in [1.29, 1.82) is 0 Å². The zero-order valence-electron chi connectivity index (χ0n) is 32.9. The van der Waals surface area contributed by atoms with Crippen molar-refractivity contribution in [3.63, 3.8) is 0 Å². The van der Waals surface area contributed by atoms with Crippen LogP contribution in [0.2, 0.25) is 0 Å². The van der Waals surface area contributed by atoms with Gasteiger partial charge in [0.15, 0.2) is 0 Å². The first-order chi connectivity index (χ1) is 23.4. The van der Waals surface area contributed by atoms with Crippen LogP contribution >= 0.6 is 0 Å². The number of aromatic nitrogens is 2. The van der Waals surface area contributed by atoms with Gasteiger partial charge >= 0.3 is 0 Å². The Balaban J connectivity index is 1.50. The second-order valence-corrected chi connectivity index (χ2v) is 19.5. The molecule has 0 N–H and O–H groups in total. The van der Waals surface area contributed by atoms with E-state index in [1.807, 2.05) is 0 Å². The van der Waals surface area contributed by atoms with Crippen LogP contribution in [0.1, 0.15) is 177 Å². The average molecular weight is 667 g/mol. The van der Waals surface area contributed by atoms with E-state index in [9.17, 15) is 0 Å². The Labute approximate surface area is 304 Å². The van der Waals surface area contributed by atoms with E-state index >= 15 is 0 Å². The summed E-state index contributed by atoms with van der Waals surface area (Å²) >= 11 is 0. The van der Waals surface area contributed by atoms with Gasteiger partial charge in [0.25, 0.3) is 0 Å². The Morgan fingerprint density at radius 3 is 1.04 bits per heavy atom. The molecule has 2 aromatic carbocycles. The fraction of sp³-hybridized carbons (Fsp3) is 0.542. The standard InChI is InChI=1S/C48H62N2/c1-43(2)35-17-15-19-37(29-35)44(3,4)39-25-33(31-47(9)21-11-12-22-47)27-41(49-39)46(7,8)42-28-34(32-48(10)23-13-14-24-48)26-40(50-42)45(5,6)38-20-16-18-36(43)30-38/h15-20,25-30H,11-14,21-24,31-32H2,1-10H3. The van der Waals surface area contributed by atoms with Crippen molar-refractivity contribution in [3.8, 4) is 0 Å². The van der Waals surface area contributed by atoms with E-state index in [-0.39, 0.29) is 21.7 Å². The third-order valence-electron chi connectivity index (χ3n) is 13.8. The van der Waals surface area contributed by atoms with Gasteiger partial charge in [0.1, 0.15) is 0 Å². The Hall–Kier alpha value is -3.26. The van der Waals surface area contributed by atoms with Crippen LogP contribution in [0, 0.1) is 10.8 Å². The van der Waals surface area contributed by atoms with Gasteiger partial charge in [0.05, 0.1) is 22.8 Å². The van der Waals surface area contributed by atoms with Crippen molar-refractivity contribution < 1.29 is 0 Å². The van der Waals surface area contributed by atoms with Crippen molar-refractivity contribution >= 4 is 0 Å². The Morgan fingerprint density at radius 1 is 0.400 bits per heavy atom. The molecule has 3 aliphatic rings. The zero-order valence-corrected chi connectivity index (χ0v) is 32.9. The molecule has 4 aromatic rings. The molecule has 2 nitrogen and oxygen atoms in total. The van der Waals surface area contributed by atoms with Gasteiger partial charge in [-0.15, -0.1) is 0 Å². The highest BCUT2D eigenvalue weighted by molar-refractivity contribution is 5.48. The molecule has 8 bridgehead atoms. The highest BCUT2D eigenvalue weighted by atomic mass is 14.8. The van der Waals surface area contributed by atoms with Gasteiger partial charge in [-0.05, 0) is 121 Å². The van der Waals surface area contributed by atoms with Crippen LogP contribution in [0.4, 0.5) is 0 Å². The van der Waals surface area contributed by atoms with E-state index in [1.54, 1.807) is 0 Å². The number of rotatable bonds is 4. The minimum Gasteiger partial charge on any atom is -0.256 e. The molecule has 2 aliphatic carbocycles. The van der Waals surface area contributed by atoms with Crippen LogP contribution in [-0.4, -0.2) is 9.97 Å². The third kappa shape index (κ3) is 6.28. The number of hydrogen-bond donors (Lipinski definition) is 0. The van der Waals surface area contributed by atoms with Gasteiger partial charge in [-0.1, -0.05) is 130 Å². The van der Waals surface area contributed by atoms with Crippen LogP contribution < -0.4 is 0 Å². The van der Waals surface area contributed by atoms with Gasteiger partial charge in [0, 0.05) is 21.7 Å². The van der Waals surface area contributed by atoms with E-state index < -0.39 is 0 Å². The van der Waals surface area contributed by atoms with Crippen LogP contribution in [0.25, 0.3) is 0 Å². The first kappa shape index (κ1) is 35.2. The SMILES string of the molecule is CC1(Cc2cc3nc(c2)C(C)(C)c2cc(CC4(C)CCCC4)cc(n2)C(C)(C)c2cccc(c2)C(C)(C)c2cccc(c2)C3(C)C)CCCC1. The topological polar surface area (TPSA) is 25.8 Å². The van der Waals surface area contributed by atoms with E-state index in [0.29, 0.717) is 10.8 Å². The molecule has 0 atom stereocenters. The van der Waals surface area contributed by atoms with E-state index in [1.165, 1.54) is 96.1 Å². The lowest BCUT2D eigenvalue weighted by atomic mass is 9.71. The van der Waals surface area contributed by atoms with Gasteiger partial charge in [-0.2, -0.15) is 0 Å². The van der Waals surface area contributed by atoms with Crippen molar-refractivity contribution in [2.45, 2.75) is 155 Å². The summed E-state index contributed by atoms with van der Waals surface area (Å²) < 4.78 is 0. The van der Waals surface area contributed by atoms with Crippen LogP contribution in [0.15, 0.2) is 72.8 Å². The summed E-state index contributed by atoms with van der Waals surface area (Å²) in [4.78, 5) is 11.3. The largest absolute Gasteiger partial charge is 0.256 e. The molecule has 264 valence electrons. The number of fused-ring (bicyclic) bond motifs is 8. The lowest BCUT2D eigenvalue weighted by molar-refractivity contribution is 0.333. The second-order valence-electron chi connectivity index (χ2n) is 19.5. The maximum Gasteiger partial charge on any atom is 0.0525 e. The first-order valence-corrected chi connectivity index (χ1v) is 19.7. The number of pyridine rings is 2. The van der Waals surface area contributed by atoms with Crippen LogP contribution in [0.3, 0.4) is 0 Å². The molecule has 0 spiro atoms. The lowest BCUT2D eigenvalue weighted by Crippen LogP contribution is -2.30. The molecule has 0 saturated heterocycles. The molecule has 3 heterocycles.